The van der Waals surface area contributed by atoms with Gasteiger partial charge in [-0.1, -0.05) is 19.3 Å². The summed E-state index contributed by atoms with van der Waals surface area (Å²) in [6.07, 6.45) is 4.68. The van der Waals surface area contributed by atoms with E-state index in [1.54, 1.807) is 12.0 Å². The molecule has 0 aromatic rings. The molecule has 2 aliphatic rings. The smallest absolute Gasteiger partial charge is 0.248 e. The van der Waals surface area contributed by atoms with Gasteiger partial charge in [-0.25, -0.2) is 0 Å². The van der Waals surface area contributed by atoms with Crippen molar-refractivity contribution in [3.05, 3.63) is 0 Å². The number of nitrogens with zero attached hydrogens (tertiary/aromatic N) is 1. The van der Waals surface area contributed by atoms with Gasteiger partial charge in [0.05, 0.1) is 26.4 Å². The third-order valence-electron chi connectivity index (χ3n) is 4.05. The summed E-state index contributed by atoms with van der Waals surface area (Å²) < 4.78 is 10.3. The first-order valence-corrected chi connectivity index (χ1v) is 7.35. The summed E-state index contributed by atoms with van der Waals surface area (Å²) >= 11 is 0. The summed E-state index contributed by atoms with van der Waals surface area (Å²) in [6.45, 7) is 2.11. The molecule has 1 heterocycles. The zero-order chi connectivity index (χ0) is 14.4. The van der Waals surface area contributed by atoms with Gasteiger partial charge in [0.2, 0.25) is 11.8 Å². The highest BCUT2D eigenvalue weighted by Crippen LogP contribution is 2.31. The van der Waals surface area contributed by atoms with Crippen LogP contribution >= 0.6 is 0 Å². The lowest BCUT2D eigenvalue weighted by atomic mass is 9.79. The first kappa shape index (κ1) is 15.3. The number of amides is 2. The van der Waals surface area contributed by atoms with Crippen LogP contribution in [0.3, 0.4) is 0 Å². The average molecular weight is 284 g/mol. The van der Waals surface area contributed by atoms with Crippen LogP contribution in [-0.2, 0) is 19.1 Å². The monoisotopic (exact) mass is 284 g/mol. The molecule has 0 aromatic heterocycles. The fourth-order valence-corrected chi connectivity index (χ4v) is 3.00. The zero-order valence-corrected chi connectivity index (χ0v) is 12.2. The lowest BCUT2D eigenvalue weighted by Crippen LogP contribution is -2.67. The van der Waals surface area contributed by atoms with E-state index >= 15 is 0 Å². The molecule has 6 heteroatoms. The summed E-state index contributed by atoms with van der Waals surface area (Å²) in [6, 6.07) is 0. The fraction of sp³-hybridized carbons (Fsp3) is 0.857. The van der Waals surface area contributed by atoms with Gasteiger partial charge in [-0.3, -0.25) is 9.59 Å². The number of nitrogens with one attached hydrogen (secondary N) is 1. The Bertz CT molecular complexity index is 353. The lowest BCUT2D eigenvalue weighted by molar-refractivity contribution is -0.152. The van der Waals surface area contributed by atoms with Gasteiger partial charge in [0.25, 0.3) is 0 Å². The number of piperazine rings is 1. The highest BCUT2D eigenvalue weighted by atomic mass is 16.5. The van der Waals surface area contributed by atoms with Crippen LogP contribution < -0.4 is 5.32 Å². The van der Waals surface area contributed by atoms with Crippen molar-refractivity contribution in [2.24, 2.45) is 0 Å². The Morgan fingerprint density at radius 3 is 2.60 bits per heavy atom. The molecule has 2 fully saturated rings. The summed E-state index contributed by atoms with van der Waals surface area (Å²) in [5.74, 6) is 0.00975. The Hall–Kier alpha value is -1.14. The molecule has 0 radical (unpaired) electrons. The highest BCUT2D eigenvalue weighted by molar-refractivity contribution is 5.98. The maximum absolute atomic E-state index is 12.6. The Kier molecular flexibility index (Phi) is 5.37. The van der Waals surface area contributed by atoms with Gasteiger partial charge in [-0.05, 0) is 12.8 Å². The predicted molar refractivity (Wildman–Crippen MR) is 73.2 cm³/mol. The van der Waals surface area contributed by atoms with E-state index in [0.717, 1.165) is 32.1 Å². The summed E-state index contributed by atoms with van der Waals surface area (Å²) in [5, 5.41) is 2.93. The number of hydrogen-bond donors (Lipinski definition) is 1. The maximum Gasteiger partial charge on any atom is 0.248 e. The van der Waals surface area contributed by atoms with E-state index in [4.69, 9.17) is 9.47 Å². The molecule has 1 N–H and O–H groups in total. The van der Waals surface area contributed by atoms with Crippen molar-refractivity contribution in [2.45, 2.75) is 37.6 Å². The second kappa shape index (κ2) is 7.04. The molecular weight excluding hydrogens is 260 g/mol. The third kappa shape index (κ3) is 3.49. The standard InChI is InChI=1S/C14H24N2O4/c1-19-9-10-20-8-7-16-11-12(17)15-14(13(16)18)5-3-2-4-6-14/h2-11H2,1H3,(H,15,17). The summed E-state index contributed by atoms with van der Waals surface area (Å²) in [7, 11) is 1.62. The fourth-order valence-electron chi connectivity index (χ4n) is 3.00. The molecule has 6 nitrogen and oxygen atoms in total. The van der Waals surface area contributed by atoms with Gasteiger partial charge < -0.3 is 19.7 Å². The molecule has 1 aliphatic heterocycles. The molecule has 0 unspecified atom stereocenters. The minimum Gasteiger partial charge on any atom is -0.382 e. The highest BCUT2D eigenvalue weighted by Gasteiger charge is 2.46. The minimum absolute atomic E-state index is 0.0524. The first-order chi connectivity index (χ1) is 9.68. The van der Waals surface area contributed by atoms with Crippen molar-refractivity contribution in [1.82, 2.24) is 10.2 Å². The lowest BCUT2D eigenvalue weighted by Gasteiger charge is -2.44. The van der Waals surface area contributed by atoms with Crippen molar-refractivity contribution < 1.29 is 19.1 Å². The Morgan fingerprint density at radius 1 is 1.15 bits per heavy atom. The molecular formula is C14H24N2O4. The first-order valence-electron chi connectivity index (χ1n) is 7.35. The van der Waals surface area contributed by atoms with Crippen LogP contribution in [0.1, 0.15) is 32.1 Å². The molecule has 1 aliphatic carbocycles. The number of carbonyl (C=O) groups excluding carboxylic acids is 2. The van der Waals surface area contributed by atoms with E-state index in [0.29, 0.717) is 26.4 Å². The van der Waals surface area contributed by atoms with Crippen molar-refractivity contribution >= 4 is 11.8 Å². The van der Waals surface area contributed by atoms with Gasteiger partial charge in [-0.2, -0.15) is 0 Å². The van der Waals surface area contributed by atoms with E-state index in [1.807, 2.05) is 0 Å². The normalized spacial score (nSPS) is 22.1. The number of carbonyl (C=O) groups is 2. The number of methoxy groups -OCH3 is 1. The topological polar surface area (TPSA) is 67.9 Å². The van der Waals surface area contributed by atoms with Gasteiger partial charge in [0.15, 0.2) is 0 Å². The van der Waals surface area contributed by atoms with Crippen LogP contribution in [-0.4, -0.2) is 62.3 Å². The van der Waals surface area contributed by atoms with Crippen LogP contribution in [0.15, 0.2) is 0 Å². The molecule has 1 spiro atoms. The second-order valence-electron chi connectivity index (χ2n) is 5.52. The zero-order valence-electron chi connectivity index (χ0n) is 12.2. The molecule has 1 saturated carbocycles. The van der Waals surface area contributed by atoms with Crippen LogP contribution in [0.2, 0.25) is 0 Å². The van der Waals surface area contributed by atoms with Crippen molar-refractivity contribution in [3.8, 4) is 0 Å². The van der Waals surface area contributed by atoms with Crippen LogP contribution in [0.5, 0.6) is 0 Å². The van der Waals surface area contributed by atoms with Crippen LogP contribution in [0.25, 0.3) is 0 Å². The Balaban J connectivity index is 1.88. The third-order valence-corrected chi connectivity index (χ3v) is 4.05. The quantitative estimate of drug-likeness (QED) is 0.713. The number of hydrogen-bond acceptors (Lipinski definition) is 4. The van der Waals surface area contributed by atoms with Crippen LogP contribution in [0.4, 0.5) is 0 Å². The van der Waals surface area contributed by atoms with Crippen molar-refractivity contribution in [3.63, 3.8) is 0 Å². The Labute approximate surface area is 119 Å². The van der Waals surface area contributed by atoms with E-state index in [2.05, 4.69) is 5.32 Å². The molecule has 0 atom stereocenters. The number of rotatable bonds is 6. The molecule has 1 saturated heterocycles. The van der Waals surface area contributed by atoms with E-state index in [-0.39, 0.29) is 18.4 Å². The molecule has 20 heavy (non-hydrogen) atoms. The second-order valence-corrected chi connectivity index (χ2v) is 5.52. The van der Waals surface area contributed by atoms with Gasteiger partial charge in [0, 0.05) is 13.7 Å². The molecule has 2 rings (SSSR count). The minimum atomic E-state index is -0.639. The average Bonchev–Trinajstić information content (AvgIpc) is 2.45. The van der Waals surface area contributed by atoms with Gasteiger partial charge >= 0.3 is 0 Å². The molecule has 0 aromatic carbocycles. The van der Waals surface area contributed by atoms with E-state index < -0.39 is 5.54 Å². The summed E-state index contributed by atoms with van der Waals surface area (Å²) in [5.41, 5.74) is -0.639. The molecule has 114 valence electrons. The van der Waals surface area contributed by atoms with Gasteiger partial charge in [-0.15, -0.1) is 0 Å². The SMILES string of the molecule is COCCOCCN1CC(=O)NC2(CCCCC2)C1=O. The van der Waals surface area contributed by atoms with Crippen LogP contribution in [0, 0.1) is 0 Å². The maximum atomic E-state index is 12.6. The van der Waals surface area contributed by atoms with Crippen molar-refractivity contribution in [1.29, 1.82) is 0 Å². The number of ether oxygens (including phenoxy) is 2. The van der Waals surface area contributed by atoms with Crippen molar-refractivity contribution in [2.75, 3.05) is 40.0 Å². The predicted octanol–water partition coefficient (Wildman–Crippen LogP) is 0.311. The van der Waals surface area contributed by atoms with E-state index in [9.17, 15) is 9.59 Å². The largest absolute Gasteiger partial charge is 0.382 e. The van der Waals surface area contributed by atoms with E-state index in [1.165, 1.54) is 0 Å². The summed E-state index contributed by atoms with van der Waals surface area (Å²) in [4.78, 5) is 26.1. The molecule has 0 bridgehead atoms. The Morgan fingerprint density at radius 2 is 1.90 bits per heavy atom. The van der Waals surface area contributed by atoms with Gasteiger partial charge in [0.1, 0.15) is 5.54 Å². The molecule has 2 amide bonds.